The number of alkyl carbamates (subject to hydrolysis) is 1. The van der Waals surface area contributed by atoms with Crippen LogP contribution in [-0.4, -0.2) is 33.9 Å². The van der Waals surface area contributed by atoms with Gasteiger partial charge >= 0.3 is 6.09 Å². The lowest BCUT2D eigenvalue weighted by Crippen LogP contribution is -2.42. The van der Waals surface area contributed by atoms with Crippen LogP contribution in [0.2, 0.25) is 18.1 Å². The summed E-state index contributed by atoms with van der Waals surface area (Å²) in [6, 6.07) is 18.3. The number of benzene rings is 2. The second-order valence-corrected chi connectivity index (χ2v) is 13.8. The van der Waals surface area contributed by atoms with E-state index >= 15 is 0 Å². The number of ether oxygens (including phenoxy) is 1. The summed E-state index contributed by atoms with van der Waals surface area (Å²) in [7, 11) is -0.813. The first-order valence-corrected chi connectivity index (χ1v) is 13.3. The van der Waals surface area contributed by atoms with Crippen LogP contribution in [0.15, 0.2) is 66.2 Å². The van der Waals surface area contributed by atoms with Crippen molar-refractivity contribution in [2.24, 2.45) is 0 Å². The van der Waals surface area contributed by atoms with Gasteiger partial charge in [-0.15, -0.1) is 0 Å². The minimum Gasteiger partial charge on any atom is -0.453 e. The summed E-state index contributed by atoms with van der Waals surface area (Å²) in [4.78, 5) is 25.6. The maximum Gasteiger partial charge on any atom is 0.407 e. The Balaban J connectivity index is 2.46. The Morgan fingerprint density at radius 3 is 2.06 bits per heavy atom. The second-order valence-electron chi connectivity index (χ2n) is 8.96. The van der Waals surface area contributed by atoms with Gasteiger partial charge in [-0.2, -0.15) is 0 Å². The van der Waals surface area contributed by atoms with Gasteiger partial charge in [-0.05, 0) is 35.3 Å². The first-order chi connectivity index (χ1) is 14.5. The van der Waals surface area contributed by atoms with Crippen molar-refractivity contribution < 1.29 is 18.8 Å². The average Bonchev–Trinajstić information content (AvgIpc) is 2.75. The number of rotatable bonds is 8. The SMILES string of the molecule is COC(=O)NC(/C(=C/c1ccccc1)C(=O)CO[Si](C)(C)C(C)(C)C)c1ccccc1. The van der Waals surface area contributed by atoms with Gasteiger partial charge in [0.2, 0.25) is 0 Å². The van der Waals surface area contributed by atoms with Crippen molar-refractivity contribution in [3.8, 4) is 0 Å². The summed E-state index contributed by atoms with van der Waals surface area (Å²) in [5.74, 6) is -0.168. The van der Waals surface area contributed by atoms with Crippen molar-refractivity contribution in [2.45, 2.75) is 44.9 Å². The second kappa shape index (κ2) is 10.6. The number of hydrogen-bond donors (Lipinski definition) is 1. The highest BCUT2D eigenvalue weighted by atomic mass is 28.4. The molecule has 0 aliphatic rings. The first-order valence-electron chi connectivity index (χ1n) is 10.4. The van der Waals surface area contributed by atoms with E-state index in [-0.39, 0.29) is 17.4 Å². The minimum atomic E-state index is -2.12. The molecular weight excluding hydrogens is 406 g/mol. The standard InChI is InChI=1S/C25H33NO4Si/c1-25(2,3)31(5,6)30-18-22(27)21(17-19-13-9-7-10-14-19)23(26-24(28)29-4)20-15-11-8-12-16-20/h7-17,23H,18H2,1-6H3,(H,26,28)/b21-17+. The highest BCUT2D eigenvalue weighted by molar-refractivity contribution is 6.74. The molecule has 5 nitrogen and oxygen atoms in total. The molecule has 0 heterocycles. The molecule has 0 saturated carbocycles. The quantitative estimate of drug-likeness (QED) is 0.420. The number of carbonyl (C=O) groups excluding carboxylic acids is 2. The maximum atomic E-state index is 13.4. The number of hydrogen-bond acceptors (Lipinski definition) is 4. The van der Waals surface area contributed by atoms with E-state index in [1.165, 1.54) is 7.11 Å². The minimum absolute atomic E-state index is 0.0142. The Kier molecular flexibility index (Phi) is 8.36. The molecule has 0 saturated heterocycles. The van der Waals surface area contributed by atoms with Gasteiger partial charge < -0.3 is 14.5 Å². The van der Waals surface area contributed by atoms with Crippen molar-refractivity contribution in [3.63, 3.8) is 0 Å². The van der Waals surface area contributed by atoms with Gasteiger partial charge in [-0.3, -0.25) is 4.79 Å². The predicted octanol–water partition coefficient (Wildman–Crippen LogP) is 5.76. The van der Waals surface area contributed by atoms with Gasteiger partial charge in [-0.1, -0.05) is 81.4 Å². The maximum absolute atomic E-state index is 13.4. The van der Waals surface area contributed by atoms with E-state index < -0.39 is 20.5 Å². The van der Waals surface area contributed by atoms with Crippen molar-refractivity contribution >= 4 is 26.3 Å². The van der Waals surface area contributed by atoms with E-state index in [0.29, 0.717) is 5.57 Å². The van der Waals surface area contributed by atoms with Gasteiger partial charge in [0.1, 0.15) is 0 Å². The highest BCUT2D eigenvalue weighted by Gasteiger charge is 2.38. The number of Topliss-reactive ketones (excluding diaryl/α,β-unsaturated/α-hetero) is 1. The van der Waals surface area contributed by atoms with Crippen LogP contribution in [0.3, 0.4) is 0 Å². The number of methoxy groups -OCH3 is 1. The van der Waals surface area contributed by atoms with E-state index in [4.69, 9.17) is 9.16 Å². The van der Waals surface area contributed by atoms with Gasteiger partial charge in [0.25, 0.3) is 0 Å². The van der Waals surface area contributed by atoms with Crippen LogP contribution in [-0.2, 0) is 14.0 Å². The normalized spacial score (nSPS) is 13.4. The molecule has 1 atom stereocenters. The average molecular weight is 440 g/mol. The molecule has 2 aromatic rings. The van der Waals surface area contributed by atoms with Crippen LogP contribution in [0.4, 0.5) is 4.79 Å². The fourth-order valence-electron chi connectivity index (χ4n) is 2.76. The van der Waals surface area contributed by atoms with E-state index in [1.807, 2.05) is 66.7 Å². The molecule has 0 aliphatic heterocycles. The molecule has 0 spiro atoms. The molecule has 0 fully saturated rings. The number of ketones is 1. The molecule has 0 bridgehead atoms. The summed E-state index contributed by atoms with van der Waals surface area (Å²) in [5, 5.41) is 2.80. The van der Waals surface area contributed by atoms with Gasteiger partial charge in [0.15, 0.2) is 14.1 Å². The lowest BCUT2D eigenvalue weighted by molar-refractivity contribution is -0.118. The van der Waals surface area contributed by atoms with E-state index in [9.17, 15) is 9.59 Å². The monoisotopic (exact) mass is 439 g/mol. The van der Waals surface area contributed by atoms with E-state index in [0.717, 1.165) is 11.1 Å². The zero-order chi connectivity index (χ0) is 23.1. The molecule has 0 radical (unpaired) electrons. The molecule has 31 heavy (non-hydrogen) atoms. The highest BCUT2D eigenvalue weighted by Crippen LogP contribution is 2.37. The third-order valence-corrected chi connectivity index (χ3v) is 10.2. The molecule has 1 unspecified atom stereocenters. The third kappa shape index (κ3) is 6.91. The van der Waals surface area contributed by atoms with Crippen LogP contribution < -0.4 is 5.32 Å². The van der Waals surface area contributed by atoms with Gasteiger partial charge in [-0.25, -0.2) is 4.79 Å². The fourth-order valence-corrected chi connectivity index (χ4v) is 3.69. The zero-order valence-corrected chi connectivity index (χ0v) is 20.3. The number of carbonyl (C=O) groups is 2. The van der Waals surface area contributed by atoms with Crippen molar-refractivity contribution in [2.75, 3.05) is 13.7 Å². The number of nitrogens with one attached hydrogen (secondary N) is 1. The molecule has 2 aromatic carbocycles. The summed E-state index contributed by atoms with van der Waals surface area (Å²) < 4.78 is 11.0. The van der Waals surface area contributed by atoms with E-state index in [2.05, 4.69) is 39.2 Å². The lowest BCUT2D eigenvalue weighted by atomic mass is 9.94. The summed E-state index contributed by atoms with van der Waals surface area (Å²) in [6.07, 6.45) is 1.20. The molecule has 1 amide bonds. The van der Waals surface area contributed by atoms with Crippen molar-refractivity contribution in [1.29, 1.82) is 0 Å². The summed E-state index contributed by atoms with van der Waals surface area (Å²) in [6.45, 7) is 10.6. The molecule has 166 valence electrons. The molecule has 6 heteroatoms. The molecule has 0 aromatic heterocycles. The molecule has 2 rings (SSSR count). The molecule has 0 aliphatic carbocycles. The predicted molar refractivity (Wildman–Crippen MR) is 127 cm³/mol. The Morgan fingerprint density at radius 1 is 1.00 bits per heavy atom. The van der Waals surface area contributed by atoms with Crippen LogP contribution >= 0.6 is 0 Å². The summed E-state index contributed by atoms with van der Waals surface area (Å²) in [5.41, 5.74) is 2.10. The van der Waals surface area contributed by atoms with E-state index in [1.54, 1.807) is 0 Å². The first kappa shape index (κ1) is 24.6. The van der Waals surface area contributed by atoms with Crippen LogP contribution in [0.1, 0.15) is 37.9 Å². The largest absolute Gasteiger partial charge is 0.453 e. The van der Waals surface area contributed by atoms with Gasteiger partial charge in [0, 0.05) is 5.57 Å². The van der Waals surface area contributed by atoms with Crippen molar-refractivity contribution in [1.82, 2.24) is 5.32 Å². The smallest absolute Gasteiger partial charge is 0.407 e. The van der Waals surface area contributed by atoms with Gasteiger partial charge in [0.05, 0.1) is 19.8 Å². The topological polar surface area (TPSA) is 64.6 Å². The van der Waals surface area contributed by atoms with Crippen LogP contribution in [0.5, 0.6) is 0 Å². The fraction of sp³-hybridized carbons (Fsp3) is 0.360. The summed E-state index contributed by atoms with van der Waals surface area (Å²) >= 11 is 0. The third-order valence-electron chi connectivity index (χ3n) is 5.71. The van der Waals surface area contributed by atoms with Crippen LogP contribution in [0.25, 0.3) is 6.08 Å². The Morgan fingerprint density at radius 2 is 1.55 bits per heavy atom. The number of amides is 1. The lowest BCUT2D eigenvalue weighted by Gasteiger charge is -2.36. The Bertz CT molecular complexity index is 902. The zero-order valence-electron chi connectivity index (χ0n) is 19.3. The molecular formula is C25H33NO4Si. The molecule has 1 N–H and O–H groups in total. The Labute approximate surface area is 186 Å². The van der Waals surface area contributed by atoms with Crippen LogP contribution in [0, 0.1) is 0 Å². The van der Waals surface area contributed by atoms with Crippen molar-refractivity contribution in [3.05, 3.63) is 77.4 Å². The Hall–Kier alpha value is -2.70.